The smallest absolute Gasteiger partial charge is 0.545 e. The van der Waals surface area contributed by atoms with Crippen molar-refractivity contribution in [3.63, 3.8) is 0 Å². The Morgan fingerprint density at radius 2 is 1.00 bits per heavy atom. The fraction of sp³-hybridized carbons (Fsp3) is 0.800. The summed E-state index contributed by atoms with van der Waals surface area (Å²) in [7, 11) is -4.23. The van der Waals surface area contributed by atoms with Crippen LogP contribution < -0.4 is 69.3 Å². The number of carbonyl (C=O) groups excluding carboxylic acids is 2. The van der Waals surface area contributed by atoms with Gasteiger partial charge in [0.2, 0.25) is 0 Å². The number of hydrogen-bond acceptors (Lipinski definition) is 6. The maximum Gasteiger partial charge on any atom is 1.00 e. The van der Waals surface area contributed by atoms with E-state index in [0.29, 0.717) is 6.42 Å². The second kappa shape index (κ2) is 21.4. The molecule has 0 fully saturated rings. The minimum absolute atomic E-state index is 0. The van der Waals surface area contributed by atoms with Gasteiger partial charge >= 0.3 is 59.1 Å². The molecule has 7 nitrogen and oxygen atoms in total. The first-order valence-corrected chi connectivity index (χ1v) is 11.9. The van der Waals surface area contributed by atoms with Crippen LogP contribution in [0.5, 0.6) is 0 Å². The molecule has 0 unspecified atom stereocenters. The van der Waals surface area contributed by atoms with E-state index < -0.39 is 33.4 Å². The zero-order valence-electron chi connectivity index (χ0n) is 18.9. The number of rotatable bonds is 18. The molecule has 30 heavy (non-hydrogen) atoms. The Morgan fingerprint density at radius 3 is 1.33 bits per heavy atom. The van der Waals surface area contributed by atoms with E-state index in [0.717, 1.165) is 25.7 Å². The predicted molar refractivity (Wildman–Crippen MR) is 104 cm³/mol. The van der Waals surface area contributed by atoms with Gasteiger partial charge in [-0.25, -0.2) is 0 Å². The van der Waals surface area contributed by atoms with E-state index in [1.54, 1.807) is 0 Å². The van der Waals surface area contributed by atoms with Gasteiger partial charge in [-0.15, -0.1) is 0 Å². The van der Waals surface area contributed by atoms with Crippen molar-refractivity contribution >= 4 is 22.1 Å². The quantitative estimate of drug-likeness (QED) is 0.0950. The van der Waals surface area contributed by atoms with E-state index in [2.05, 4.69) is 6.92 Å². The maximum atomic E-state index is 11.3. The van der Waals surface area contributed by atoms with Crippen LogP contribution in [0.2, 0.25) is 0 Å². The third-order valence-corrected chi connectivity index (χ3v) is 5.52. The molecule has 0 saturated carbocycles. The van der Waals surface area contributed by atoms with Crippen molar-refractivity contribution in [2.75, 3.05) is 5.75 Å². The molecule has 0 amide bonds. The molecule has 10 heteroatoms. The fourth-order valence-corrected chi connectivity index (χ4v) is 3.66. The van der Waals surface area contributed by atoms with Crippen molar-refractivity contribution in [3.05, 3.63) is 11.1 Å². The van der Waals surface area contributed by atoms with Crippen LogP contribution in [0.4, 0.5) is 0 Å². The van der Waals surface area contributed by atoms with Crippen molar-refractivity contribution in [2.24, 2.45) is 0 Å². The summed E-state index contributed by atoms with van der Waals surface area (Å²) in [6.07, 6.45) is 11.6. The molecule has 0 heterocycles. The minimum Gasteiger partial charge on any atom is -0.545 e. The van der Waals surface area contributed by atoms with Crippen LogP contribution in [-0.2, 0) is 19.7 Å². The average Bonchev–Trinajstić information content (AvgIpc) is 2.59. The average molecular weight is 465 g/mol. The van der Waals surface area contributed by atoms with E-state index in [4.69, 9.17) is 4.55 Å². The molecule has 0 atom stereocenters. The summed E-state index contributed by atoms with van der Waals surface area (Å²) in [4.78, 5) is 22.5. The van der Waals surface area contributed by atoms with Gasteiger partial charge in [0, 0.05) is 0 Å². The van der Waals surface area contributed by atoms with E-state index in [1.165, 1.54) is 38.5 Å². The van der Waals surface area contributed by atoms with Crippen molar-refractivity contribution in [1.29, 1.82) is 0 Å². The van der Waals surface area contributed by atoms with E-state index >= 15 is 0 Å². The van der Waals surface area contributed by atoms with Crippen molar-refractivity contribution in [1.82, 2.24) is 0 Å². The van der Waals surface area contributed by atoms with Crippen molar-refractivity contribution in [2.45, 2.75) is 96.8 Å². The molecule has 164 valence electrons. The van der Waals surface area contributed by atoms with Crippen LogP contribution >= 0.6 is 0 Å². The number of aliphatic carboxylic acids is 2. The fourth-order valence-electron chi connectivity index (χ4n) is 3.15. The van der Waals surface area contributed by atoms with Crippen LogP contribution in [0.25, 0.3) is 0 Å². The van der Waals surface area contributed by atoms with Crippen molar-refractivity contribution in [3.8, 4) is 0 Å². The molecular weight excluding hydrogens is 430 g/mol. The van der Waals surface area contributed by atoms with E-state index in [9.17, 15) is 28.2 Å². The Labute approximate surface area is 225 Å². The zero-order valence-corrected chi connectivity index (χ0v) is 23.7. The molecule has 0 spiro atoms. The van der Waals surface area contributed by atoms with Gasteiger partial charge in [-0.2, -0.15) is 8.42 Å². The summed E-state index contributed by atoms with van der Waals surface area (Å²) < 4.78 is 30.1. The molecule has 1 N–H and O–H groups in total. The van der Waals surface area contributed by atoms with Gasteiger partial charge in [-0.1, -0.05) is 71.1 Å². The summed E-state index contributed by atoms with van der Waals surface area (Å²) in [6, 6.07) is 0. The molecule has 0 aromatic rings. The summed E-state index contributed by atoms with van der Waals surface area (Å²) in [5.74, 6) is -3.85. The van der Waals surface area contributed by atoms with Crippen LogP contribution in [0.15, 0.2) is 11.1 Å². The molecule has 0 rings (SSSR count). The molecule has 0 aromatic carbocycles. The molecule has 0 aromatic heterocycles. The first kappa shape index (κ1) is 35.2. The second-order valence-electron chi connectivity index (χ2n) is 7.21. The minimum atomic E-state index is -4.23. The largest absolute Gasteiger partial charge is 1.00 e. The Hall–Kier alpha value is 0.590. The Balaban J connectivity index is -0.00000364. The van der Waals surface area contributed by atoms with Gasteiger partial charge in [0.05, 0.1) is 17.7 Å². The van der Waals surface area contributed by atoms with Crippen LogP contribution in [0.1, 0.15) is 96.8 Å². The molecule has 0 bridgehead atoms. The third-order valence-electron chi connectivity index (χ3n) is 4.72. The molecule has 0 aliphatic carbocycles. The first-order chi connectivity index (χ1) is 13.2. The third kappa shape index (κ3) is 20.5. The van der Waals surface area contributed by atoms with Crippen LogP contribution in [-0.4, -0.2) is 30.7 Å². The Kier molecular flexibility index (Phi) is 25.1. The van der Waals surface area contributed by atoms with Crippen LogP contribution in [0.3, 0.4) is 0 Å². The van der Waals surface area contributed by atoms with Gasteiger partial charge in [-0.05, 0) is 36.8 Å². The number of carboxylic acids is 2. The second-order valence-corrected chi connectivity index (χ2v) is 8.78. The standard InChI is InChI=1S/C20H36O7S.2Na/c1-2-3-4-5-6-7-8-9-10-11-12-14-17(19(21)22)18(20(23)24)15-13-16-28(25,26)27;;/h2-16H2,1H3,(H,21,22)(H,23,24)(H,25,26,27);;/q;2*+1/p-2. The molecule has 0 aliphatic rings. The maximum absolute atomic E-state index is 11.3. The molecule has 0 radical (unpaired) electrons. The topological polar surface area (TPSA) is 135 Å². The molecule has 0 saturated heterocycles. The van der Waals surface area contributed by atoms with E-state index in [-0.39, 0.29) is 84.0 Å². The Morgan fingerprint density at radius 1 is 0.667 bits per heavy atom. The first-order valence-electron chi connectivity index (χ1n) is 10.3. The predicted octanol–water partition coefficient (Wildman–Crippen LogP) is -3.84. The van der Waals surface area contributed by atoms with Gasteiger partial charge in [0.25, 0.3) is 10.1 Å². The van der Waals surface area contributed by atoms with Crippen LogP contribution in [0, 0.1) is 0 Å². The number of carbonyl (C=O) groups is 2. The molecule has 0 aliphatic heterocycles. The number of unbranched alkanes of at least 4 members (excludes halogenated alkanes) is 10. The van der Waals surface area contributed by atoms with Gasteiger partial charge in [0.1, 0.15) is 0 Å². The summed E-state index contributed by atoms with van der Waals surface area (Å²) in [5, 5.41) is 22.5. The molecular formula is C20H34Na2O7S. The van der Waals surface area contributed by atoms with Gasteiger partial charge < -0.3 is 19.8 Å². The summed E-state index contributed by atoms with van der Waals surface area (Å²) >= 11 is 0. The van der Waals surface area contributed by atoms with E-state index in [1.807, 2.05) is 0 Å². The summed E-state index contributed by atoms with van der Waals surface area (Å²) in [5.41, 5.74) is -0.790. The van der Waals surface area contributed by atoms with Gasteiger partial charge in [-0.3, -0.25) is 4.55 Å². The number of carboxylic acid groups (broad SMARTS) is 2. The van der Waals surface area contributed by atoms with Crippen molar-refractivity contribution < 1.29 is 91.9 Å². The Bertz CT molecular complexity index is 604. The zero-order chi connectivity index (χ0) is 21.4. The normalized spacial score (nSPS) is 11.8. The number of hydrogen-bond donors (Lipinski definition) is 1. The SMILES string of the molecule is CCCCCCCCCCCCCC(C(=O)[O-])=C(CCCS(=O)(=O)O)C(=O)[O-].[Na+].[Na+]. The monoisotopic (exact) mass is 464 g/mol. The summed E-state index contributed by atoms with van der Waals surface area (Å²) in [6.45, 7) is 2.19. The van der Waals surface area contributed by atoms with Gasteiger partial charge in [0.15, 0.2) is 0 Å².